The molecule has 0 aliphatic carbocycles. The zero-order valence-corrected chi connectivity index (χ0v) is 13.8. The van der Waals surface area contributed by atoms with Crippen molar-refractivity contribution in [1.29, 1.82) is 5.26 Å². The SMILES string of the molecule is CC(C)c1ccc(NC(=O)/C(C#N)=C\Nc2ccc(F)cc2F)cc1. The number of nitrogens with zero attached hydrogens (tertiary/aromatic N) is 1. The molecule has 0 aliphatic rings. The molecular formula is C19H17F2N3O. The second kappa shape index (κ2) is 8.06. The minimum atomic E-state index is -0.821. The molecule has 0 unspecified atom stereocenters. The Labute approximate surface area is 144 Å². The summed E-state index contributed by atoms with van der Waals surface area (Å²) >= 11 is 0. The second-order valence-electron chi connectivity index (χ2n) is 5.67. The molecule has 6 heteroatoms. The van der Waals surface area contributed by atoms with Crippen LogP contribution in [0.5, 0.6) is 0 Å². The summed E-state index contributed by atoms with van der Waals surface area (Å²) in [6.07, 6.45) is 1.08. The minimum absolute atomic E-state index is 0.0387. The molecule has 0 aliphatic heterocycles. The predicted octanol–water partition coefficient (Wildman–Crippen LogP) is 4.55. The number of hydrogen-bond acceptors (Lipinski definition) is 3. The van der Waals surface area contributed by atoms with Crippen molar-refractivity contribution in [3.8, 4) is 6.07 Å². The second-order valence-corrected chi connectivity index (χ2v) is 5.67. The van der Waals surface area contributed by atoms with Crippen LogP contribution in [0.1, 0.15) is 25.3 Å². The molecule has 128 valence electrons. The number of benzene rings is 2. The fraction of sp³-hybridized carbons (Fsp3) is 0.158. The zero-order chi connectivity index (χ0) is 18.4. The number of carbonyl (C=O) groups excluding carboxylic acids is 1. The predicted molar refractivity (Wildman–Crippen MR) is 92.8 cm³/mol. The van der Waals surface area contributed by atoms with E-state index in [9.17, 15) is 13.6 Å². The summed E-state index contributed by atoms with van der Waals surface area (Å²) < 4.78 is 26.4. The van der Waals surface area contributed by atoms with Crippen LogP contribution >= 0.6 is 0 Å². The number of nitrogens with one attached hydrogen (secondary N) is 2. The largest absolute Gasteiger partial charge is 0.358 e. The topological polar surface area (TPSA) is 64.9 Å². The van der Waals surface area contributed by atoms with Crippen LogP contribution in [0.3, 0.4) is 0 Å². The molecule has 0 bridgehead atoms. The van der Waals surface area contributed by atoms with E-state index in [4.69, 9.17) is 5.26 Å². The van der Waals surface area contributed by atoms with Gasteiger partial charge in [0.2, 0.25) is 0 Å². The molecule has 0 radical (unpaired) electrons. The number of carbonyl (C=O) groups is 1. The Kier molecular flexibility index (Phi) is 5.85. The van der Waals surface area contributed by atoms with Gasteiger partial charge >= 0.3 is 0 Å². The molecule has 1 amide bonds. The summed E-state index contributed by atoms with van der Waals surface area (Å²) in [5, 5.41) is 14.2. The first-order chi connectivity index (χ1) is 11.9. The van der Waals surface area contributed by atoms with Crippen LogP contribution in [-0.4, -0.2) is 5.91 Å². The third-order valence-electron chi connectivity index (χ3n) is 3.50. The Morgan fingerprint density at radius 2 is 1.84 bits per heavy atom. The van der Waals surface area contributed by atoms with Crippen LogP contribution in [0.25, 0.3) is 0 Å². The van der Waals surface area contributed by atoms with Crippen molar-refractivity contribution in [2.45, 2.75) is 19.8 Å². The molecule has 2 aromatic rings. The average Bonchev–Trinajstić information content (AvgIpc) is 2.57. The van der Waals surface area contributed by atoms with Gasteiger partial charge in [-0.2, -0.15) is 5.26 Å². The maximum Gasteiger partial charge on any atom is 0.267 e. The minimum Gasteiger partial charge on any atom is -0.358 e. The number of nitriles is 1. The van der Waals surface area contributed by atoms with Crippen molar-refractivity contribution in [2.75, 3.05) is 10.6 Å². The van der Waals surface area contributed by atoms with E-state index in [-0.39, 0.29) is 11.3 Å². The number of anilines is 2. The summed E-state index contributed by atoms with van der Waals surface area (Å²) in [5.74, 6) is -1.79. The first-order valence-corrected chi connectivity index (χ1v) is 7.64. The summed E-state index contributed by atoms with van der Waals surface area (Å²) in [4.78, 5) is 12.1. The van der Waals surface area contributed by atoms with E-state index in [0.29, 0.717) is 17.7 Å². The molecule has 0 spiro atoms. The lowest BCUT2D eigenvalue weighted by atomic mass is 10.0. The molecule has 0 saturated carbocycles. The first-order valence-electron chi connectivity index (χ1n) is 7.64. The molecule has 25 heavy (non-hydrogen) atoms. The van der Waals surface area contributed by atoms with Crippen molar-refractivity contribution in [3.05, 3.63) is 71.4 Å². The highest BCUT2D eigenvalue weighted by molar-refractivity contribution is 6.06. The zero-order valence-electron chi connectivity index (χ0n) is 13.8. The summed E-state index contributed by atoms with van der Waals surface area (Å²) in [6.45, 7) is 4.12. The van der Waals surface area contributed by atoms with E-state index in [0.717, 1.165) is 17.8 Å². The Morgan fingerprint density at radius 1 is 1.16 bits per heavy atom. The van der Waals surface area contributed by atoms with Gasteiger partial charge < -0.3 is 10.6 Å². The lowest BCUT2D eigenvalue weighted by Crippen LogP contribution is -2.14. The highest BCUT2D eigenvalue weighted by Crippen LogP contribution is 2.18. The normalized spacial score (nSPS) is 11.1. The van der Waals surface area contributed by atoms with E-state index in [1.54, 1.807) is 18.2 Å². The quantitative estimate of drug-likeness (QED) is 0.619. The Hall–Kier alpha value is -3.20. The van der Waals surface area contributed by atoms with Crippen LogP contribution < -0.4 is 10.6 Å². The van der Waals surface area contributed by atoms with Crippen LogP contribution in [0.4, 0.5) is 20.2 Å². The summed E-state index contributed by atoms with van der Waals surface area (Å²) in [7, 11) is 0. The van der Waals surface area contributed by atoms with Gasteiger partial charge in [0, 0.05) is 18.0 Å². The third-order valence-corrected chi connectivity index (χ3v) is 3.50. The Bertz CT molecular complexity index is 837. The fourth-order valence-corrected chi connectivity index (χ4v) is 2.05. The van der Waals surface area contributed by atoms with E-state index in [1.165, 1.54) is 6.07 Å². The fourth-order valence-electron chi connectivity index (χ4n) is 2.05. The molecule has 0 aromatic heterocycles. The van der Waals surface area contributed by atoms with E-state index >= 15 is 0 Å². The highest BCUT2D eigenvalue weighted by Gasteiger charge is 2.10. The molecule has 4 nitrogen and oxygen atoms in total. The highest BCUT2D eigenvalue weighted by atomic mass is 19.1. The van der Waals surface area contributed by atoms with E-state index < -0.39 is 17.5 Å². The molecule has 2 aromatic carbocycles. The van der Waals surface area contributed by atoms with E-state index in [1.807, 2.05) is 12.1 Å². The van der Waals surface area contributed by atoms with Gasteiger partial charge in [-0.05, 0) is 35.7 Å². The van der Waals surface area contributed by atoms with Crippen LogP contribution in [-0.2, 0) is 4.79 Å². The lowest BCUT2D eigenvalue weighted by Gasteiger charge is -2.08. The maximum absolute atomic E-state index is 13.5. The van der Waals surface area contributed by atoms with Gasteiger partial charge in [0.15, 0.2) is 0 Å². The van der Waals surface area contributed by atoms with Gasteiger partial charge in [0.25, 0.3) is 5.91 Å². The molecule has 0 atom stereocenters. The maximum atomic E-state index is 13.5. The summed E-state index contributed by atoms with van der Waals surface area (Å²) in [6, 6.07) is 12.0. The number of amides is 1. The number of rotatable bonds is 5. The van der Waals surface area contributed by atoms with Gasteiger partial charge in [-0.3, -0.25) is 4.79 Å². The van der Waals surface area contributed by atoms with Gasteiger partial charge in [-0.1, -0.05) is 26.0 Å². The van der Waals surface area contributed by atoms with Crippen LogP contribution in [0, 0.1) is 23.0 Å². The van der Waals surface area contributed by atoms with Gasteiger partial charge in [-0.15, -0.1) is 0 Å². The van der Waals surface area contributed by atoms with Crippen LogP contribution in [0.15, 0.2) is 54.2 Å². The van der Waals surface area contributed by atoms with Crippen molar-refractivity contribution >= 4 is 17.3 Å². The van der Waals surface area contributed by atoms with Gasteiger partial charge in [0.05, 0.1) is 5.69 Å². The number of hydrogen-bond donors (Lipinski definition) is 2. The molecule has 2 N–H and O–H groups in total. The number of halogens is 2. The lowest BCUT2D eigenvalue weighted by molar-refractivity contribution is -0.112. The van der Waals surface area contributed by atoms with Crippen molar-refractivity contribution < 1.29 is 13.6 Å². The van der Waals surface area contributed by atoms with Crippen molar-refractivity contribution in [1.82, 2.24) is 0 Å². The van der Waals surface area contributed by atoms with Crippen molar-refractivity contribution in [3.63, 3.8) is 0 Å². The monoisotopic (exact) mass is 341 g/mol. The van der Waals surface area contributed by atoms with Gasteiger partial charge in [0.1, 0.15) is 23.3 Å². The smallest absolute Gasteiger partial charge is 0.267 e. The standard InChI is InChI=1S/C19H17F2N3O/c1-12(2)13-3-6-16(7-4-13)24-19(25)14(10-22)11-23-18-8-5-15(20)9-17(18)21/h3-9,11-12,23H,1-2H3,(H,24,25)/b14-11-. The first kappa shape index (κ1) is 18.1. The molecule has 2 rings (SSSR count). The van der Waals surface area contributed by atoms with Gasteiger partial charge in [-0.25, -0.2) is 8.78 Å². The summed E-state index contributed by atoms with van der Waals surface area (Å²) in [5.41, 5.74) is 1.39. The molecular weight excluding hydrogens is 324 g/mol. The van der Waals surface area contributed by atoms with Crippen molar-refractivity contribution in [2.24, 2.45) is 0 Å². The molecule has 0 heterocycles. The Morgan fingerprint density at radius 3 is 2.40 bits per heavy atom. The van der Waals surface area contributed by atoms with E-state index in [2.05, 4.69) is 24.5 Å². The molecule has 0 fully saturated rings. The average molecular weight is 341 g/mol. The third kappa shape index (κ3) is 4.88. The molecule has 0 saturated heterocycles. The van der Waals surface area contributed by atoms with Crippen LogP contribution in [0.2, 0.25) is 0 Å². The Balaban J connectivity index is 2.08.